The van der Waals surface area contributed by atoms with Crippen LogP contribution in [0.15, 0.2) is 12.2 Å². The Kier molecular flexibility index (Phi) is 30.9. The Morgan fingerprint density at radius 1 is 0.400 bits per heavy atom. The van der Waals surface area contributed by atoms with E-state index in [9.17, 15) is 4.79 Å². The first kappa shape index (κ1) is 34.4. The van der Waals surface area contributed by atoms with Crippen LogP contribution in [0.25, 0.3) is 0 Å². The lowest BCUT2D eigenvalue weighted by atomic mass is 10.0. The summed E-state index contributed by atoms with van der Waals surface area (Å²) >= 11 is 0. The normalized spacial score (nSPS) is 11.6. The maximum absolute atomic E-state index is 10.9. The number of carbonyl (C=O) groups is 1. The molecule has 0 saturated heterocycles. The first-order chi connectivity index (χ1) is 17.3. The van der Waals surface area contributed by atoms with Crippen LogP contribution < -0.4 is 0 Å². The van der Waals surface area contributed by atoms with Crippen LogP contribution in [0.2, 0.25) is 0 Å². The molecule has 0 N–H and O–H groups in total. The fraction of sp³-hybridized carbons (Fsp3) is 0.912. The highest BCUT2D eigenvalue weighted by Crippen LogP contribution is 2.15. The van der Waals surface area contributed by atoms with Gasteiger partial charge in [-0.25, -0.2) is 0 Å². The minimum absolute atomic E-state index is 0.350. The second kappa shape index (κ2) is 31.4. The Balaban J connectivity index is 3.06. The standard InChI is InChI=1S/C34H66O/c1-3-4-5-6-7-8-9-10-11-12-13-14-15-16-17-18-19-20-21-22-23-24-25-26-27-28-29-30-31-32-33-34(2)35/h10-11H,3-9,12-33H2,1-2H3/b11-10+. The van der Waals surface area contributed by atoms with Crippen LogP contribution in [0.1, 0.15) is 200 Å². The third-order valence-corrected chi connectivity index (χ3v) is 7.54. The summed E-state index contributed by atoms with van der Waals surface area (Å²) in [6, 6.07) is 0. The van der Waals surface area contributed by atoms with Gasteiger partial charge in [-0.2, -0.15) is 0 Å². The van der Waals surface area contributed by atoms with Crippen LogP contribution in [0, 0.1) is 0 Å². The topological polar surface area (TPSA) is 17.1 Å². The summed E-state index contributed by atoms with van der Waals surface area (Å²) in [5.74, 6) is 0.350. The van der Waals surface area contributed by atoms with Gasteiger partial charge in [0.05, 0.1) is 0 Å². The van der Waals surface area contributed by atoms with E-state index in [0.29, 0.717) is 5.78 Å². The molecular formula is C34H66O. The average Bonchev–Trinajstić information content (AvgIpc) is 2.85. The molecule has 0 bridgehead atoms. The van der Waals surface area contributed by atoms with Gasteiger partial charge >= 0.3 is 0 Å². The molecule has 0 amide bonds. The summed E-state index contributed by atoms with van der Waals surface area (Å²) in [5, 5.41) is 0. The van der Waals surface area contributed by atoms with Gasteiger partial charge in [-0.05, 0) is 39.0 Å². The van der Waals surface area contributed by atoms with Gasteiger partial charge in [-0.1, -0.05) is 167 Å². The van der Waals surface area contributed by atoms with Crippen molar-refractivity contribution in [3.8, 4) is 0 Å². The van der Waals surface area contributed by atoms with E-state index in [-0.39, 0.29) is 0 Å². The fourth-order valence-electron chi connectivity index (χ4n) is 5.10. The molecule has 0 aromatic heterocycles. The van der Waals surface area contributed by atoms with Crippen LogP contribution in [-0.4, -0.2) is 5.78 Å². The van der Waals surface area contributed by atoms with Crippen molar-refractivity contribution < 1.29 is 4.79 Å². The Bertz CT molecular complexity index is 424. The maximum atomic E-state index is 10.9. The predicted molar refractivity (Wildman–Crippen MR) is 159 cm³/mol. The van der Waals surface area contributed by atoms with Crippen LogP contribution in [0.3, 0.4) is 0 Å². The summed E-state index contributed by atoms with van der Waals surface area (Å²) < 4.78 is 0. The molecule has 0 radical (unpaired) electrons. The Morgan fingerprint density at radius 2 is 0.657 bits per heavy atom. The monoisotopic (exact) mass is 491 g/mol. The van der Waals surface area contributed by atoms with Gasteiger partial charge in [-0.3, -0.25) is 0 Å². The highest BCUT2D eigenvalue weighted by molar-refractivity contribution is 5.75. The lowest BCUT2D eigenvalue weighted by Crippen LogP contribution is -1.89. The zero-order valence-corrected chi connectivity index (χ0v) is 24.6. The van der Waals surface area contributed by atoms with Crippen molar-refractivity contribution in [2.45, 2.75) is 200 Å². The second-order valence-electron chi connectivity index (χ2n) is 11.3. The third kappa shape index (κ3) is 33.4. The molecule has 0 spiro atoms. The van der Waals surface area contributed by atoms with Gasteiger partial charge in [0.2, 0.25) is 0 Å². The maximum Gasteiger partial charge on any atom is 0.129 e. The van der Waals surface area contributed by atoms with E-state index in [1.807, 2.05) is 0 Å². The van der Waals surface area contributed by atoms with Crippen molar-refractivity contribution >= 4 is 5.78 Å². The highest BCUT2D eigenvalue weighted by Gasteiger charge is 1.97. The molecule has 1 heteroatoms. The summed E-state index contributed by atoms with van der Waals surface area (Å²) in [5.41, 5.74) is 0. The molecule has 0 aliphatic carbocycles. The van der Waals surface area contributed by atoms with Gasteiger partial charge in [0.1, 0.15) is 5.78 Å². The third-order valence-electron chi connectivity index (χ3n) is 7.54. The molecule has 0 rings (SSSR count). The van der Waals surface area contributed by atoms with Gasteiger partial charge in [-0.15, -0.1) is 0 Å². The van der Waals surface area contributed by atoms with Gasteiger partial charge in [0.15, 0.2) is 0 Å². The molecule has 35 heavy (non-hydrogen) atoms. The highest BCUT2D eigenvalue weighted by atomic mass is 16.1. The van der Waals surface area contributed by atoms with E-state index < -0.39 is 0 Å². The van der Waals surface area contributed by atoms with Crippen molar-refractivity contribution in [2.24, 2.45) is 0 Å². The molecule has 0 fully saturated rings. The lowest BCUT2D eigenvalue weighted by Gasteiger charge is -2.04. The molecule has 0 unspecified atom stereocenters. The zero-order chi connectivity index (χ0) is 25.5. The number of allylic oxidation sites excluding steroid dienone is 2. The van der Waals surface area contributed by atoms with Crippen molar-refractivity contribution in [3.05, 3.63) is 12.2 Å². The molecule has 0 saturated carbocycles. The fourth-order valence-corrected chi connectivity index (χ4v) is 5.10. The van der Waals surface area contributed by atoms with Crippen LogP contribution in [0.5, 0.6) is 0 Å². The quantitative estimate of drug-likeness (QED) is 0.0722. The number of rotatable bonds is 30. The van der Waals surface area contributed by atoms with Crippen LogP contribution in [0.4, 0.5) is 0 Å². The zero-order valence-electron chi connectivity index (χ0n) is 24.6. The summed E-state index contributed by atoms with van der Waals surface area (Å²) in [4.78, 5) is 10.9. The SMILES string of the molecule is CCCCCCCC/C=C/CCCCCCCCCCCCCCCCCCCCCCC(C)=O. The minimum atomic E-state index is 0.350. The molecular weight excluding hydrogens is 424 g/mol. The second-order valence-corrected chi connectivity index (χ2v) is 11.3. The summed E-state index contributed by atoms with van der Waals surface area (Å²) in [6.07, 6.45) is 44.9. The number of hydrogen-bond donors (Lipinski definition) is 0. The minimum Gasteiger partial charge on any atom is -0.300 e. The van der Waals surface area contributed by atoms with Crippen LogP contribution >= 0.6 is 0 Å². The first-order valence-electron chi connectivity index (χ1n) is 16.4. The number of unbranched alkanes of at least 4 members (excludes halogenated alkanes) is 26. The van der Waals surface area contributed by atoms with Gasteiger partial charge < -0.3 is 4.79 Å². The number of carbonyl (C=O) groups excluding carboxylic acids is 1. The van der Waals surface area contributed by atoms with E-state index in [1.165, 1.54) is 173 Å². The molecule has 0 atom stereocenters. The molecule has 0 aromatic rings. The van der Waals surface area contributed by atoms with E-state index in [0.717, 1.165) is 12.8 Å². The first-order valence-corrected chi connectivity index (χ1v) is 16.4. The smallest absolute Gasteiger partial charge is 0.129 e. The average molecular weight is 491 g/mol. The van der Waals surface area contributed by atoms with E-state index in [4.69, 9.17) is 0 Å². The van der Waals surface area contributed by atoms with Crippen LogP contribution in [-0.2, 0) is 4.79 Å². The summed E-state index contributed by atoms with van der Waals surface area (Å²) in [6.45, 7) is 4.00. The molecule has 0 heterocycles. The largest absolute Gasteiger partial charge is 0.300 e. The number of hydrogen-bond acceptors (Lipinski definition) is 1. The molecule has 0 aromatic carbocycles. The van der Waals surface area contributed by atoms with E-state index in [2.05, 4.69) is 19.1 Å². The lowest BCUT2D eigenvalue weighted by molar-refractivity contribution is -0.117. The molecule has 0 aliphatic heterocycles. The molecule has 0 aliphatic rings. The number of ketones is 1. The Morgan fingerprint density at radius 3 is 0.943 bits per heavy atom. The van der Waals surface area contributed by atoms with Crippen molar-refractivity contribution in [1.82, 2.24) is 0 Å². The molecule has 208 valence electrons. The Hall–Kier alpha value is -0.590. The predicted octanol–water partition coefficient (Wildman–Crippen LogP) is 12.5. The van der Waals surface area contributed by atoms with Gasteiger partial charge in [0, 0.05) is 6.42 Å². The number of Topliss-reactive ketones (excluding diaryl/α,β-unsaturated/α-hetero) is 1. The summed E-state index contributed by atoms with van der Waals surface area (Å²) in [7, 11) is 0. The van der Waals surface area contributed by atoms with Gasteiger partial charge in [0.25, 0.3) is 0 Å². The van der Waals surface area contributed by atoms with E-state index >= 15 is 0 Å². The van der Waals surface area contributed by atoms with Crippen molar-refractivity contribution in [1.29, 1.82) is 0 Å². The Labute approximate surface area is 222 Å². The van der Waals surface area contributed by atoms with Crippen molar-refractivity contribution in [2.75, 3.05) is 0 Å². The van der Waals surface area contributed by atoms with E-state index in [1.54, 1.807) is 6.92 Å². The molecule has 1 nitrogen and oxygen atoms in total. The van der Waals surface area contributed by atoms with Crippen molar-refractivity contribution in [3.63, 3.8) is 0 Å².